The molecule has 106 valence electrons. The zero-order valence-electron chi connectivity index (χ0n) is 10.1. The Kier molecular flexibility index (Phi) is 4.18. The Morgan fingerprint density at radius 1 is 1.00 bits per heavy atom. The van der Waals surface area contributed by atoms with Crippen molar-refractivity contribution in [1.82, 2.24) is 0 Å². The number of hydrogen-bond donors (Lipinski definition) is 1. The van der Waals surface area contributed by atoms with Gasteiger partial charge in [0.2, 0.25) is 0 Å². The van der Waals surface area contributed by atoms with Crippen LogP contribution in [0, 0.1) is 5.82 Å². The Labute approximate surface area is 118 Å². The normalized spacial score (nSPS) is 11.4. The molecule has 0 aliphatic rings. The molecular formula is C14H10ClF4N. The number of benzene rings is 2. The number of halogens is 5. The zero-order valence-corrected chi connectivity index (χ0v) is 10.9. The van der Waals surface area contributed by atoms with Crippen LogP contribution >= 0.6 is 11.6 Å². The SMILES string of the molecule is Fc1c(Cl)cccc1CNc1ccc(C(F)(F)F)cc1. The molecule has 0 heterocycles. The molecule has 0 aliphatic heterocycles. The molecule has 2 aromatic carbocycles. The number of alkyl halides is 3. The Balaban J connectivity index is 2.06. The summed E-state index contributed by atoms with van der Waals surface area (Å²) in [5, 5.41) is 2.85. The molecule has 0 unspecified atom stereocenters. The largest absolute Gasteiger partial charge is 0.416 e. The van der Waals surface area contributed by atoms with Gasteiger partial charge in [0.1, 0.15) is 5.82 Å². The number of anilines is 1. The number of nitrogens with one attached hydrogen (secondary N) is 1. The van der Waals surface area contributed by atoms with Crippen LogP contribution in [0.25, 0.3) is 0 Å². The molecule has 0 radical (unpaired) electrons. The summed E-state index contributed by atoms with van der Waals surface area (Å²) in [5.41, 5.74) is 0.0896. The lowest BCUT2D eigenvalue weighted by atomic mass is 10.2. The fourth-order valence-electron chi connectivity index (χ4n) is 1.66. The van der Waals surface area contributed by atoms with Crippen molar-refractivity contribution >= 4 is 17.3 Å². The summed E-state index contributed by atoms with van der Waals surface area (Å²) < 4.78 is 50.8. The van der Waals surface area contributed by atoms with E-state index in [0.29, 0.717) is 11.3 Å². The van der Waals surface area contributed by atoms with Crippen molar-refractivity contribution in [3.05, 3.63) is 64.4 Å². The Morgan fingerprint density at radius 2 is 1.65 bits per heavy atom. The van der Waals surface area contributed by atoms with Gasteiger partial charge >= 0.3 is 6.18 Å². The maximum Gasteiger partial charge on any atom is 0.416 e. The van der Waals surface area contributed by atoms with Crippen LogP contribution in [-0.4, -0.2) is 0 Å². The molecule has 0 amide bonds. The van der Waals surface area contributed by atoms with Gasteiger partial charge < -0.3 is 5.32 Å². The van der Waals surface area contributed by atoms with Gasteiger partial charge in [0.05, 0.1) is 10.6 Å². The minimum absolute atomic E-state index is 0.0109. The Bertz CT molecular complexity index is 593. The Hall–Kier alpha value is -1.75. The van der Waals surface area contributed by atoms with Gasteiger partial charge in [-0.25, -0.2) is 4.39 Å². The molecule has 0 saturated heterocycles. The van der Waals surface area contributed by atoms with E-state index in [1.165, 1.54) is 18.2 Å². The van der Waals surface area contributed by atoms with Crippen molar-refractivity contribution in [2.45, 2.75) is 12.7 Å². The highest BCUT2D eigenvalue weighted by molar-refractivity contribution is 6.30. The van der Waals surface area contributed by atoms with Crippen LogP contribution in [0.3, 0.4) is 0 Å². The summed E-state index contributed by atoms with van der Waals surface area (Å²) in [6, 6.07) is 9.12. The molecule has 0 fully saturated rings. The summed E-state index contributed by atoms with van der Waals surface area (Å²) in [4.78, 5) is 0. The minimum Gasteiger partial charge on any atom is -0.381 e. The second-order valence-corrected chi connectivity index (χ2v) is 4.55. The fraction of sp³-hybridized carbons (Fsp3) is 0.143. The third-order valence-corrected chi connectivity index (χ3v) is 3.02. The molecule has 2 aromatic rings. The van der Waals surface area contributed by atoms with E-state index in [1.54, 1.807) is 12.1 Å². The van der Waals surface area contributed by atoms with E-state index in [2.05, 4.69) is 5.32 Å². The van der Waals surface area contributed by atoms with Gasteiger partial charge in [0.25, 0.3) is 0 Å². The third-order valence-electron chi connectivity index (χ3n) is 2.73. The molecule has 0 spiro atoms. The predicted octanol–water partition coefficient (Wildman–Crippen LogP) is 5.11. The van der Waals surface area contributed by atoms with Crippen molar-refractivity contribution in [3.63, 3.8) is 0 Å². The van der Waals surface area contributed by atoms with E-state index < -0.39 is 17.6 Å². The van der Waals surface area contributed by atoms with Crippen LogP contribution in [-0.2, 0) is 12.7 Å². The van der Waals surface area contributed by atoms with E-state index in [-0.39, 0.29) is 11.6 Å². The van der Waals surface area contributed by atoms with E-state index >= 15 is 0 Å². The van der Waals surface area contributed by atoms with Gasteiger partial charge in [-0.1, -0.05) is 23.7 Å². The standard InChI is InChI=1S/C14H10ClF4N/c15-12-3-1-2-9(13(12)16)8-20-11-6-4-10(5-7-11)14(17,18)19/h1-7,20H,8H2. The van der Waals surface area contributed by atoms with Gasteiger partial charge in [0, 0.05) is 17.8 Å². The minimum atomic E-state index is -4.36. The van der Waals surface area contributed by atoms with Crippen LogP contribution in [0.4, 0.5) is 23.2 Å². The highest BCUT2D eigenvalue weighted by atomic mass is 35.5. The maximum absolute atomic E-state index is 13.6. The molecule has 20 heavy (non-hydrogen) atoms. The summed E-state index contributed by atoms with van der Waals surface area (Å²) >= 11 is 5.64. The average molecular weight is 304 g/mol. The van der Waals surface area contributed by atoms with Crippen LogP contribution in [0.15, 0.2) is 42.5 Å². The Morgan fingerprint density at radius 3 is 2.25 bits per heavy atom. The van der Waals surface area contributed by atoms with Crippen LogP contribution in [0.2, 0.25) is 5.02 Å². The van der Waals surface area contributed by atoms with E-state index in [4.69, 9.17) is 11.6 Å². The van der Waals surface area contributed by atoms with E-state index in [9.17, 15) is 17.6 Å². The van der Waals surface area contributed by atoms with Crippen molar-refractivity contribution in [2.24, 2.45) is 0 Å². The molecule has 2 rings (SSSR count). The molecule has 0 atom stereocenters. The predicted molar refractivity (Wildman–Crippen MR) is 70.2 cm³/mol. The molecule has 1 N–H and O–H groups in total. The van der Waals surface area contributed by atoms with Crippen LogP contribution in [0.5, 0.6) is 0 Å². The van der Waals surface area contributed by atoms with E-state index in [1.807, 2.05) is 0 Å². The first-order chi connectivity index (χ1) is 9.38. The first-order valence-electron chi connectivity index (χ1n) is 5.72. The fourth-order valence-corrected chi connectivity index (χ4v) is 1.85. The summed E-state index contributed by atoms with van der Waals surface area (Å²) in [6.07, 6.45) is -4.36. The number of hydrogen-bond acceptors (Lipinski definition) is 1. The zero-order chi connectivity index (χ0) is 14.8. The highest BCUT2D eigenvalue weighted by Crippen LogP contribution is 2.30. The monoisotopic (exact) mass is 303 g/mol. The average Bonchev–Trinajstić information content (AvgIpc) is 2.40. The van der Waals surface area contributed by atoms with Crippen molar-refractivity contribution < 1.29 is 17.6 Å². The van der Waals surface area contributed by atoms with Gasteiger partial charge in [0.15, 0.2) is 0 Å². The highest BCUT2D eigenvalue weighted by Gasteiger charge is 2.29. The molecular weight excluding hydrogens is 294 g/mol. The van der Waals surface area contributed by atoms with Crippen LogP contribution in [0.1, 0.15) is 11.1 Å². The maximum atomic E-state index is 13.6. The lowest BCUT2D eigenvalue weighted by Crippen LogP contribution is -2.06. The summed E-state index contributed by atoms with van der Waals surface area (Å²) in [5.74, 6) is -0.534. The van der Waals surface area contributed by atoms with Gasteiger partial charge in [-0.05, 0) is 30.3 Å². The molecule has 0 saturated carbocycles. The lowest BCUT2D eigenvalue weighted by molar-refractivity contribution is -0.137. The quantitative estimate of drug-likeness (QED) is 0.777. The topological polar surface area (TPSA) is 12.0 Å². The summed E-state index contributed by atoms with van der Waals surface area (Å²) in [6.45, 7) is 0.137. The van der Waals surface area contributed by atoms with Crippen molar-refractivity contribution in [1.29, 1.82) is 0 Å². The first kappa shape index (κ1) is 14.7. The molecule has 1 nitrogen and oxygen atoms in total. The summed E-state index contributed by atoms with van der Waals surface area (Å²) in [7, 11) is 0. The number of rotatable bonds is 3. The lowest BCUT2D eigenvalue weighted by Gasteiger charge is -2.10. The third kappa shape index (κ3) is 3.42. The van der Waals surface area contributed by atoms with Crippen molar-refractivity contribution in [3.8, 4) is 0 Å². The second kappa shape index (κ2) is 5.71. The first-order valence-corrected chi connectivity index (χ1v) is 6.10. The molecule has 0 aliphatic carbocycles. The molecule has 6 heteroatoms. The van der Waals surface area contributed by atoms with E-state index in [0.717, 1.165) is 12.1 Å². The molecule has 0 aromatic heterocycles. The van der Waals surface area contributed by atoms with Gasteiger partial charge in [-0.3, -0.25) is 0 Å². The van der Waals surface area contributed by atoms with Crippen molar-refractivity contribution in [2.75, 3.05) is 5.32 Å². The van der Waals surface area contributed by atoms with Crippen LogP contribution < -0.4 is 5.32 Å². The smallest absolute Gasteiger partial charge is 0.381 e. The van der Waals surface area contributed by atoms with Gasteiger partial charge in [-0.2, -0.15) is 13.2 Å². The molecule has 0 bridgehead atoms. The van der Waals surface area contributed by atoms with Gasteiger partial charge in [-0.15, -0.1) is 0 Å². The second-order valence-electron chi connectivity index (χ2n) is 4.14.